The molecule has 1 aromatic carbocycles. The standard InChI is InChI=1S/C12H13NO2/c1-2-8-14-11-5-3-10(4-6-11)12-13-7-9-15-12/h3-7,9H,2,8H2,1H3. The second-order valence-corrected chi connectivity index (χ2v) is 3.21. The Morgan fingerprint density at radius 2 is 2.07 bits per heavy atom. The minimum Gasteiger partial charge on any atom is -0.494 e. The molecule has 0 aliphatic rings. The molecule has 3 nitrogen and oxygen atoms in total. The number of benzene rings is 1. The van der Waals surface area contributed by atoms with E-state index in [0.29, 0.717) is 5.89 Å². The van der Waals surface area contributed by atoms with Crippen molar-refractivity contribution in [2.75, 3.05) is 6.61 Å². The largest absolute Gasteiger partial charge is 0.494 e. The van der Waals surface area contributed by atoms with E-state index in [2.05, 4.69) is 11.9 Å². The van der Waals surface area contributed by atoms with Crippen molar-refractivity contribution in [1.29, 1.82) is 0 Å². The first-order valence-electron chi connectivity index (χ1n) is 5.03. The third-order valence-corrected chi connectivity index (χ3v) is 2.01. The molecule has 2 aromatic rings. The summed E-state index contributed by atoms with van der Waals surface area (Å²) >= 11 is 0. The van der Waals surface area contributed by atoms with Crippen LogP contribution in [0.15, 0.2) is 41.1 Å². The molecule has 1 heterocycles. The summed E-state index contributed by atoms with van der Waals surface area (Å²) in [5, 5.41) is 0. The van der Waals surface area contributed by atoms with Gasteiger partial charge in [0, 0.05) is 5.56 Å². The molecule has 0 atom stereocenters. The summed E-state index contributed by atoms with van der Waals surface area (Å²) in [6.45, 7) is 2.83. The van der Waals surface area contributed by atoms with Crippen LogP contribution < -0.4 is 4.74 Å². The summed E-state index contributed by atoms with van der Waals surface area (Å²) in [5.41, 5.74) is 0.962. The second-order valence-electron chi connectivity index (χ2n) is 3.21. The molecule has 0 aliphatic heterocycles. The molecule has 0 unspecified atom stereocenters. The fourth-order valence-electron chi connectivity index (χ4n) is 1.28. The molecule has 0 spiro atoms. The normalized spacial score (nSPS) is 10.2. The van der Waals surface area contributed by atoms with Crippen molar-refractivity contribution in [2.24, 2.45) is 0 Å². The van der Waals surface area contributed by atoms with Gasteiger partial charge in [-0.3, -0.25) is 0 Å². The molecule has 2 rings (SSSR count). The van der Waals surface area contributed by atoms with E-state index in [9.17, 15) is 0 Å². The number of rotatable bonds is 4. The molecule has 3 heteroatoms. The van der Waals surface area contributed by atoms with E-state index in [0.717, 1.165) is 24.3 Å². The number of oxazole rings is 1. The number of ether oxygens (including phenoxy) is 1. The lowest BCUT2D eigenvalue weighted by Gasteiger charge is -2.04. The van der Waals surface area contributed by atoms with Gasteiger partial charge in [-0.2, -0.15) is 0 Å². The van der Waals surface area contributed by atoms with Crippen LogP contribution in [0.4, 0.5) is 0 Å². The van der Waals surface area contributed by atoms with Crippen LogP contribution in [-0.4, -0.2) is 11.6 Å². The van der Waals surface area contributed by atoms with E-state index < -0.39 is 0 Å². The molecule has 0 saturated heterocycles. The average molecular weight is 203 g/mol. The lowest BCUT2D eigenvalue weighted by Crippen LogP contribution is -1.94. The fraction of sp³-hybridized carbons (Fsp3) is 0.250. The van der Waals surface area contributed by atoms with Crippen molar-refractivity contribution >= 4 is 0 Å². The topological polar surface area (TPSA) is 35.3 Å². The number of hydrogen-bond donors (Lipinski definition) is 0. The summed E-state index contributed by atoms with van der Waals surface area (Å²) in [6.07, 6.45) is 4.22. The maximum Gasteiger partial charge on any atom is 0.225 e. The van der Waals surface area contributed by atoms with E-state index in [4.69, 9.17) is 9.15 Å². The molecular formula is C12H13NO2. The van der Waals surface area contributed by atoms with Crippen molar-refractivity contribution in [1.82, 2.24) is 4.98 Å². The summed E-state index contributed by atoms with van der Waals surface area (Å²) in [5.74, 6) is 1.52. The van der Waals surface area contributed by atoms with E-state index in [1.165, 1.54) is 0 Å². The third kappa shape index (κ3) is 2.37. The first kappa shape index (κ1) is 9.77. The third-order valence-electron chi connectivity index (χ3n) is 2.01. The lowest BCUT2D eigenvalue weighted by molar-refractivity contribution is 0.317. The summed E-state index contributed by atoms with van der Waals surface area (Å²) in [7, 11) is 0. The van der Waals surface area contributed by atoms with Gasteiger partial charge < -0.3 is 9.15 Å². The van der Waals surface area contributed by atoms with Crippen LogP contribution in [0.3, 0.4) is 0 Å². The molecule has 0 saturated carbocycles. The van der Waals surface area contributed by atoms with Crippen LogP contribution in [0.5, 0.6) is 5.75 Å². The van der Waals surface area contributed by atoms with Gasteiger partial charge in [0.2, 0.25) is 5.89 Å². The van der Waals surface area contributed by atoms with Crippen molar-refractivity contribution in [3.63, 3.8) is 0 Å². The van der Waals surface area contributed by atoms with Crippen molar-refractivity contribution in [3.05, 3.63) is 36.7 Å². The number of aromatic nitrogens is 1. The SMILES string of the molecule is CCCOc1ccc(-c2ncco2)cc1. The highest BCUT2D eigenvalue weighted by Gasteiger charge is 2.01. The summed E-state index contributed by atoms with van der Waals surface area (Å²) in [4.78, 5) is 4.07. The van der Waals surface area contributed by atoms with Crippen molar-refractivity contribution < 1.29 is 9.15 Å². The fourth-order valence-corrected chi connectivity index (χ4v) is 1.28. The molecular weight excluding hydrogens is 190 g/mol. The van der Waals surface area contributed by atoms with Crippen LogP contribution in [0.2, 0.25) is 0 Å². The number of hydrogen-bond acceptors (Lipinski definition) is 3. The van der Waals surface area contributed by atoms with E-state index in [1.807, 2.05) is 24.3 Å². The van der Waals surface area contributed by atoms with Gasteiger partial charge in [-0.05, 0) is 30.7 Å². The van der Waals surface area contributed by atoms with Gasteiger partial charge in [0.25, 0.3) is 0 Å². The molecule has 0 N–H and O–H groups in total. The van der Waals surface area contributed by atoms with E-state index >= 15 is 0 Å². The van der Waals surface area contributed by atoms with Gasteiger partial charge in [-0.25, -0.2) is 4.98 Å². The zero-order valence-corrected chi connectivity index (χ0v) is 8.64. The predicted octanol–water partition coefficient (Wildman–Crippen LogP) is 3.13. The summed E-state index contributed by atoms with van der Waals surface area (Å²) in [6, 6.07) is 7.73. The van der Waals surface area contributed by atoms with Gasteiger partial charge in [-0.1, -0.05) is 6.92 Å². The predicted molar refractivity (Wildman–Crippen MR) is 57.7 cm³/mol. The highest BCUT2D eigenvalue weighted by Crippen LogP contribution is 2.20. The Kier molecular flexibility index (Phi) is 3.02. The lowest BCUT2D eigenvalue weighted by atomic mass is 10.2. The van der Waals surface area contributed by atoms with Gasteiger partial charge in [-0.15, -0.1) is 0 Å². The molecule has 78 valence electrons. The Hall–Kier alpha value is -1.77. The second kappa shape index (κ2) is 4.64. The minimum absolute atomic E-state index is 0.636. The van der Waals surface area contributed by atoms with Crippen molar-refractivity contribution in [2.45, 2.75) is 13.3 Å². The Morgan fingerprint density at radius 3 is 2.67 bits per heavy atom. The van der Waals surface area contributed by atoms with Gasteiger partial charge in [0.1, 0.15) is 12.0 Å². The van der Waals surface area contributed by atoms with Gasteiger partial charge in [0.15, 0.2) is 0 Å². The van der Waals surface area contributed by atoms with Crippen LogP contribution in [0, 0.1) is 0 Å². The molecule has 0 aliphatic carbocycles. The Bertz CT molecular complexity index is 392. The molecule has 0 radical (unpaired) electrons. The Morgan fingerprint density at radius 1 is 1.27 bits per heavy atom. The zero-order chi connectivity index (χ0) is 10.5. The molecule has 0 amide bonds. The van der Waals surface area contributed by atoms with E-state index in [-0.39, 0.29) is 0 Å². The van der Waals surface area contributed by atoms with Gasteiger partial charge >= 0.3 is 0 Å². The minimum atomic E-state index is 0.636. The van der Waals surface area contributed by atoms with Crippen molar-refractivity contribution in [3.8, 4) is 17.2 Å². The Labute approximate surface area is 88.7 Å². The molecule has 0 fully saturated rings. The van der Waals surface area contributed by atoms with Crippen LogP contribution in [-0.2, 0) is 0 Å². The maximum absolute atomic E-state index is 5.48. The van der Waals surface area contributed by atoms with Crippen LogP contribution >= 0.6 is 0 Å². The van der Waals surface area contributed by atoms with E-state index in [1.54, 1.807) is 12.5 Å². The number of nitrogens with zero attached hydrogens (tertiary/aromatic N) is 1. The first-order chi connectivity index (χ1) is 7.40. The highest BCUT2D eigenvalue weighted by atomic mass is 16.5. The summed E-state index contributed by atoms with van der Waals surface area (Å²) < 4.78 is 10.7. The van der Waals surface area contributed by atoms with Crippen LogP contribution in [0.25, 0.3) is 11.5 Å². The van der Waals surface area contributed by atoms with Crippen LogP contribution in [0.1, 0.15) is 13.3 Å². The first-order valence-corrected chi connectivity index (χ1v) is 5.03. The highest BCUT2D eigenvalue weighted by molar-refractivity contribution is 5.54. The molecule has 0 bridgehead atoms. The average Bonchev–Trinajstić information content (AvgIpc) is 2.80. The monoisotopic (exact) mass is 203 g/mol. The van der Waals surface area contributed by atoms with Gasteiger partial charge in [0.05, 0.1) is 12.8 Å². The quantitative estimate of drug-likeness (QED) is 0.765. The maximum atomic E-state index is 5.48. The smallest absolute Gasteiger partial charge is 0.225 e. The molecule has 1 aromatic heterocycles. The zero-order valence-electron chi connectivity index (χ0n) is 8.64. The Balaban J connectivity index is 2.11. The molecule has 15 heavy (non-hydrogen) atoms.